The van der Waals surface area contributed by atoms with Crippen LogP contribution in [0.3, 0.4) is 0 Å². The summed E-state index contributed by atoms with van der Waals surface area (Å²) >= 11 is 11.8. The van der Waals surface area contributed by atoms with Gasteiger partial charge in [0, 0.05) is 6.04 Å². The second kappa shape index (κ2) is 9.01. The van der Waals surface area contributed by atoms with E-state index in [-0.39, 0.29) is 22.5 Å². The van der Waals surface area contributed by atoms with Gasteiger partial charge in [-0.05, 0) is 18.0 Å². The molecule has 6 N–H and O–H groups in total. The van der Waals surface area contributed by atoms with Crippen molar-refractivity contribution in [1.82, 2.24) is 19.5 Å². The number of fused-ring (bicyclic) bond motifs is 1. The van der Waals surface area contributed by atoms with Crippen LogP contribution in [0, 0.1) is 0 Å². The molecule has 13 heteroatoms. The quantitative estimate of drug-likeness (QED) is 0.273. The number of carboxylic acid groups (broad SMARTS) is 4. The molecule has 0 spiro atoms. The molecule has 0 aromatic carbocycles. The zero-order valence-electron chi connectivity index (χ0n) is 12.3. The van der Waals surface area contributed by atoms with Crippen molar-refractivity contribution >= 4 is 46.7 Å². The second-order valence-electron chi connectivity index (χ2n) is 4.52. The van der Waals surface area contributed by atoms with E-state index in [4.69, 9.17) is 59.0 Å². The summed E-state index contributed by atoms with van der Waals surface area (Å²) < 4.78 is 1.91. The molecule has 25 heavy (non-hydrogen) atoms. The molecule has 1 aliphatic rings. The van der Waals surface area contributed by atoms with Gasteiger partial charge in [0.15, 0.2) is 10.8 Å². The van der Waals surface area contributed by atoms with Crippen LogP contribution in [0.2, 0.25) is 10.4 Å². The molecular formula is C12H13Cl2N5O6. The Hall–Kier alpha value is -2.63. The van der Waals surface area contributed by atoms with Crippen molar-refractivity contribution in [3.8, 4) is 0 Å². The third-order valence-electron chi connectivity index (χ3n) is 2.80. The molecule has 2 aromatic heterocycles. The van der Waals surface area contributed by atoms with E-state index < -0.39 is 12.3 Å². The minimum atomic E-state index is -1.83. The van der Waals surface area contributed by atoms with E-state index in [0.717, 1.165) is 6.42 Å². The average molecular weight is 394 g/mol. The highest BCUT2D eigenvalue weighted by Crippen LogP contribution is 2.28. The Bertz CT molecular complexity index is 776. The van der Waals surface area contributed by atoms with Crippen LogP contribution in [0.4, 0.5) is 9.59 Å². The van der Waals surface area contributed by atoms with E-state index >= 15 is 0 Å². The zero-order chi connectivity index (χ0) is 19.1. The Morgan fingerprint density at radius 2 is 1.68 bits per heavy atom. The van der Waals surface area contributed by atoms with E-state index in [2.05, 4.69) is 15.0 Å². The van der Waals surface area contributed by atoms with Gasteiger partial charge in [0.1, 0.15) is 5.52 Å². The molecule has 2 heterocycles. The van der Waals surface area contributed by atoms with E-state index in [9.17, 15) is 0 Å². The molecule has 11 nitrogen and oxygen atoms in total. The van der Waals surface area contributed by atoms with Crippen LogP contribution >= 0.6 is 23.2 Å². The summed E-state index contributed by atoms with van der Waals surface area (Å²) in [5, 5.41) is 28.3. The average Bonchev–Trinajstić information content (AvgIpc) is 3.03. The highest BCUT2D eigenvalue weighted by Gasteiger charge is 2.21. The van der Waals surface area contributed by atoms with Crippen LogP contribution in [0.15, 0.2) is 18.5 Å². The fourth-order valence-electron chi connectivity index (χ4n) is 2.01. The van der Waals surface area contributed by atoms with Gasteiger partial charge >= 0.3 is 12.3 Å². The van der Waals surface area contributed by atoms with Gasteiger partial charge < -0.3 is 30.7 Å². The van der Waals surface area contributed by atoms with Crippen molar-refractivity contribution in [3.05, 3.63) is 28.9 Å². The minimum Gasteiger partial charge on any atom is -0.450 e. The van der Waals surface area contributed by atoms with E-state index in [1.54, 1.807) is 6.33 Å². The maximum absolute atomic E-state index is 8.56. The van der Waals surface area contributed by atoms with Crippen LogP contribution in [0.5, 0.6) is 0 Å². The zero-order valence-corrected chi connectivity index (χ0v) is 13.8. The van der Waals surface area contributed by atoms with Gasteiger partial charge in [-0.15, -0.1) is 0 Å². The predicted octanol–water partition coefficient (Wildman–Crippen LogP) is 2.41. The first-order valence-electron chi connectivity index (χ1n) is 6.45. The topological polar surface area (TPSA) is 185 Å². The van der Waals surface area contributed by atoms with E-state index in [1.165, 1.54) is 0 Å². The van der Waals surface area contributed by atoms with Crippen molar-refractivity contribution in [2.24, 2.45) is 5.73 Å². The number of nitrogens with zero attached hydrogens (tertiary/aromatic N) is 4. The Kier molecular flexibility index (Phi) is 7.36. The molecule has 0 bridgehead atoms. The summed E-state index contributed by atoms with van der Waals surface area (Å²) in [6.07, 6.45) is 2.86. The molecule has 3 rings (SSSR count). The number of carbonyl (C=O) groups is 2. The Morgan fingerprint density at radius 3 is 2.16 bits per heavy atom. The lowest BCUT2D eigenvalue weighted by molar-refractivity contribution is 0.135. The third-order valence-corrected chi connectivity index (χ3v) is 3.24. The van der Waals surface area contributed by atoms with Gasteiger partial charge in [0.05, 0.1) is 12.4 Å². The van der Waals surface area contributed by atoms with Crippen LogP contribution in [0.1, 0.15) is 12.5 Å². The lowest BCUT2D eigenvalue weighted by atomic mass is 10.2. The number of allylic oxidation sites excluding steroid dienone is 1. The monoisotopic (exact) mass is 393 g/mol. The van der Waals surface area contributed by atoms with Gasteiger partial charge in [-0.3, -0.25) is 0 Å². The molecule has 2 unspecified atom stereocenters. The largest absolute Gasteiger partial charge is 0.503 e. The predicted molar refractivity (Wildman–Crippen MR) is 87.4 cm³/mol. The Morgan fingerprint density at radius 1 is 1.12 bits per heavy atom. The smallest absolute Gasteiger partial charge is 0.450 e. The third kappa shape index (κ3) is 6.41. The fourth-order valence-corrected chi connectivity index (χ4v) is 2.43. The van der Waals surface area contributed by atoms with Crippen molar-refractivity contribution in [2.45, 2.75) is 18.5 Å². The standard InChI is InChI=1S/C10H9Cl2N5.2CH2O3/c11-8-7-9(16-10(12)15-8)17(4-14-7)6-2-1-5(13)3-6;2*2-1(3)4/h1-2,4-6H,3,13H2;2*(H2,2,3,4). The highest BCUT2D eigenvalue weighted by atomic mass is 35.5. The van der Waals surface area contributed by atoms with Crippen molar-refractivity contribution < 1.29 is 30.0 Å². The van der Waals surface area contributed by atoms with Crippen molar-refractivity contribution in [2.75, 3.05) is 0 Å². The molecule has 0 saturated heterocycles. The van der Waals surface area contributed by atoms with Crippen molar-refractivity contribution in [3.63, 3.8) is 0 Å². The number of rotatable bonds is 1. The Balaban J connectivity index is 0.000000333. The summed E-state index contributed by atoms with van der Waals surface area (Å²) in [5.74, 6) is 0. The first-order chi connectivity index (χ1) is 11.6. The van der Waals surface area contributed by atoms with Gasteiger partial charge in [-0.25, -0.2) is 19.6 Å². The summed E-state index contributed by atoms with van der Waals surface area (Å²) in [6.45, 7) is 0. The van der Waals surface area contributed by atoms with Crippen molar-refractivity contribution in [1.29, 1.82) is 0 Å². The molecule has 0 aliphatic heterocycles. The number of nitrogens with two attached hydrogens (primary N) is 1. The lowest BCUT2D eigenvalue weighted by Gasteiger charge is -2.11. The van der Waals surface area contributed by atoms with E-state index in [1.807, 2.05) is 16.7 Å². The molecule has 1 aliphatic carbocycles. The van der Waals surface area contributed by atoms with Gasteiger partial charge in [-0.2, -0.15) is 4.98 Å². The summed E-state index contributed by atoms with van der Waals surface area (Å²) in [7, 11) is 0. The summed E-state index contributed by atoms with van der Waals surface area (Å²) in [6, 6.07) is 0.224. The number of hydrogen-bond acceptors (Lipinski definition) is 6. The second-order valence-corrected chi connectivity index (χ2v) is 5.22. The number of halogens is 2. The minimum absolute atomic E-state index is 0.0743. The van der Waals surface area contributed by atoms with Crippen LogP contribution in [0.25, 0.3) is 11.2 Å². The summed E-state index contributed by atoms with van der Waals surface area (Å²) in [4.78, 5) is 29.3. The molecule has 2 aromatic rings. The van der Waals surface area contributed by atoms with E-state index in [0.29, 0.717) is 11.2 Å². The van der Waals surface area contributed by atoms with Crippen LogP contribution in [-0.4, -0.2) is 58.3 Å². The maximum Gasteiger partial charge on any atom is 0.503 e. The fraction of sp³-hybridized carbons (Fsp3) is 0.250. The lowest BCUT2D eigenvalue weighted by Crippen LogP contribution is -2.16. The van der Waals surface area contributed by atoms with Crippen LogP contribution in [-0.2, 0) is 0 Å². The summed E-state index contributed by atoms with van der Waals surface area (Å²) in [5.41, 5.74) is 7.03. The van der Waals surface area contributed by atoms with Gasteiger partial charge in [0.2, 0.25) is 5.28 Å². The molecular weight excluding hydrogens is 381 g/mol. The first kappa shape index (κ1) is 20.4. The van der Waals surface area contributed by atoms with Gasteiger partial charge in [0.25, 0.3) is 0 Å². The molecule has 0 amide bonds. The van der Waals surface area contributed by atoms with Crippen LogP contribution < -0.4 is 5.73 Å². The number of imidazole rings is 1. The van der Waals surface area contributed by atoms with Gasteiger partial charge in [-0.1, -0.05) is 23.8 Å². The molecule has 136 valence electrons. The highest BCUT2D eigenvalue weighted by molar-refractivity contribution is 6.35. The molecule has 2 atom stereocenters. The SMILES string of the molecule is NC1C=CC(n2cnc3c(Cl)nc(Cl)nc32)C1.O=C(O)O.O=C(O)O. The maximum atomic E-state index is 8.56. The molecule has 0 radical (unpaired) electrons. The number of aromatic nitrogens is 4. The Labute approximate surface area is 150 Å². The molecule has 0 saturated carbocycles. The number of hydrogen-bond donors (Lipinski definition) is 5. The first-order valence-corrected chi connectivity index (χ1v) is 7.20. The normalized spacial score (nSPS) is 18.0. The molecule has 0 fully saturated rings.